The molecule has 1 fully saturated rings. The Morgan fingerprint density at radius 1 is 1.75 bits per heavy atom. The van der Waals surface area contributed by atoms with Crippen molar-refractivity contribution in [3.05, 3.63) is 17.5 Å². The third-order valence-electron chi connectivity index (χ3n) is 2.86. The van der Waals surface area contributed by atoms with E-state index in [2.05, 4.69) is 5.16 Å². The van der Waals surface area contributed by atoms with Gasteiger partial charge in [0.1, 0.15) is 0 Å². The zero-order chi connectivity index (χ0) is 11.5. The molecule has 0 aromatic carbocycles. The normalized spacial score (nSPS) is 21.1. The van der Waals surface area contributed by atoms with E-state index in [4.69, 9.17) is 16.1 Å². The molecule has 5 heteroatoms. The lowest BCUT2D eigenvalue weighted by Gasteiger charge is -2.30. The van der Waals surface area contributed by atoms with Gasteiger partial charge in [0.05, 0.1) is 5.69 Å². The van der Waals surface area contributed by atoms with Gasteiger partial charge in [-0.3, -0.25) is 4.79 Å². The first-order valence-electron chi connectivity index (χ1n) is 5.49. The zero-order valence-corrected chi connectivity index (χ0v) is 10.0. The fourth-order valence-electron chi connectivity index (χ4n) is 2.00. The first-order valence-corrected chi connectivity index (χ1v) is 6.02. The molecule has 1 aromatic heterocycles. The van der Waals surface area contributed by atoms with Crippen molar-refractivity contribution in [1.82, 2.24) is 10.1 Å². The number of hydrogen-bond donors (Lipinski definition) is 0. The topological polar surface area (TPSA) is 46.3 Å². The third-order valence-corrected chi connectivity index (χ3v) is 3.30. The zero-order valence-electron chi connectivity index (χ0n) is 9.28. The number of amides is 1. The van der Waals surface area contributed by atoms with Crippen molar-refractivity contribution in [1.29, 1.82) is 0 Å². The number of aryl methyl sites for hydroxylation is 1. The van der Waals surface area contributed by atoms with Gasteiger partial charge in [0.2, 0.25) is 5.76 Å². The molecule has 0 saturated carbocycles. The van der Waals surface area contributed by atoms with Gasteiger partial charge >= 0.3 is 0 Å². The summed E-state index contributed by atoms with van der Waals surface area (Å²) in [5.74, 6) is 1.27. The van der Waals surface area contributed by atoms with Gasteiger partial charge in [-0.05, 0) is 25.7 Å². The minimum atomic E-state index is -0.0737. The summed E-state index contributed by atoms with van der Waals surface area (Å²) in [6.45, 7) is 3.31. The lowest BCUT2D eigenvalue weighted by atomic mass is 10.00. The van der Waals surface area contributed by atoms with Crippen LogP contribution in [0.3, 0.4) is 0 Å². The first-order chi connectivity index (χ1) is 7.70. The van der Waals surface area contributed by atoms with Crippen LogP contribution in [-0.2, 0) is 0 Å². The van der Waals surface area contributed by atoms with Gasteiger partial charge < -0.3 is 9.42 Å². The van der Waals surface area contributed by atoms with Crippen LogP contribution in [0.15, 0.2) is 10.6 Å². The van der Waals surface area contributed by atoms with Crippen LogP contribution in [0.5, 0.6) is 0 Å². The molecule has 0 bridgehead atoms. The lowest BCUT2D eigenvalue weighted by Crippen LogP contribution is -2.40. The lowest BCUT2D eigenvalue weighted by molar-refractivity contribution is 0.0643. The second kappa shape index (κ2) is 4.87. The van der Waals surface area contributed by atoms with Crippen LogP contribution in [0.25, 0.3) is 0 Å². The molecule has 1 aliphatic rings. The van der Waals surface area contributed by atoms with Gasteiger partial charge in [-0.15, -0.1) is 11.6 Å². The molecule has 88 valence electrons. The van der Waals surface area contributed by atoms with Gasteiger partial charge in [-0.25, -0.2) is 0 Å². The first kappa shape index (κ1) is 11.5. The highest BCUT2D eigenvalue weighted by Crippen LogP contribution is 2.19. The molecule has 1 unspecified atom stereocenters. The highest BCUT2D eigenvalue weighted by molar-refractivity contribution is 6.18. The summed E-state index contributed by atoms with van der Waals surface area (Å²) in [5, 5.41) is 3.72. The van der Waals surface area contributed by atoms with E-state index >= 15 is 0 Å². The number of likely N-dealkylation sites (tertiary alicyclic amines) is 1. The number of nitrogens with zero attached hydrogens (tertiary/aromatic N) is 2. The maximum Gasteiger partial charge on any atom is 0.292 e. The van der Waals surface area contributed by atoms with E-state index in [1.165, 1.54) is 0 Å². The highest BCUT2D eigenvalue weighted by Gasteiger charge is 2.26. The standard InChI is InChI=1S/C11H15ClN2O2/c1-8-5-10(16-13-8)11(15)14-4-2-3-9(6-12)7-14/h5,9H,2-4,6-7H2,1H3. The second-order valence-corrected chi connectivity index (χ2v) is 4.55. The van der Waals surface area contributed by atoms with E-state index in [0.29, 0.717) is 17.6 Å². The number of carbonyl (C=O) groups excluding carboxylic acids is 1. The van der Waals surface area contributed by atoms with Crippen LogP contribution in [0, 0.1) is 12.8 Å². The molecule has 1 amide bonds. The highest BCUT2D eigenvalue weighted by atomic mass is 35.5. The molecule has 0 radical (unpaired) electrons. The molecule has 0 N–H and O–H groups in total. The summed E-state index contributed by atoms with van der Waals surface area (Å²) in [4.78, 5) is 13.8. The smallest absolute Gasteiger partial charge is 0.292 e. The van der Waals surface area contributed by atoms with Crippen molar-refractivity contribution in [2.24, 2.45) is 5.92 Å². The second-order valence-electron chi connectivity index (χ2n) is 4.25. The van der Waals surface area contributed by atoms with E-state index in [-0.39, 0.29) is 5.91 Å². The van der Waals surface area contributed by atoms with Crippen molar-refractivity contribution in [2.75, 3.05) is 19.0 Å². The van der Waals surface area contributed by atoms with Crippen LogP contribution in [0.2, 0.25) is 0 Å². The van der Waals surface area contributed by atoms with Crippen molar-refractivity contribution in [3.8, 4) is 0 Å². The predicted octanol–water partition coefficient (Wildman–Crippen LogP) is 2.07. The van der Waals surface area contributed by atoms with Crippen molar-refractivity contribution in [3.63, 3.8) is 0 Å². The minimum Gasteiger partial charge on any atom is -0.351 e. The molecule has 2 heterocycles. The number of hydrogen-bond acceptors (Lipinski definition) is 3. The van der Waals surface area contributed by atoms with Gasteiger partial charge in [0, 0.05) is 25.0 Å². The molecular formula is C11H15ClN2O2. The predicted molar refractivity (Wildman–Crippen MR) is 60.6 cm³/mol. The molecule has 1 aromatic rings. The summed E-state index contributed by atoms with van der Waals surface area (Å²) in [7, 11) is 0. The summed E-state index contributed by atoms with van der Waals surface area (Å²) >= 11 is 5.83. The monoisotopic (exact) mass is 242 g/mol. The number of rotatable bonds is 2. The number of piperidine rings is 1. The van der Waals surface area contributed by atoms with E-state index in [0.717, 1.165) is 31.6 Å². The van der Waals surface area contributed by atoms with Gasteiger partial charge in [-0.1, -0.05) is 5.16 Å². The largest absolute Gasteiger partial charge is 0.351 e. The summed E-state index contributed by atoms with van der Waals surface area (Å²) in [5.41, 5.74) is 0.731. The van der Waals surface area contributed by atoms with Gasteiger partial charge in [-0.2, -0.15) is 0 Å². The van der Waals surface area contributed by atoms with Crippen LogP contribution in [0.4, 0.5) is 0 Å². The van der Waals surface area contributed by atoms with Crippen LogP contribution in [-0.4, -0.2) is 34.9 Å². The van der Waals surface area contributed by atoms with Gasteiger partial charge in [0.15, 0.2) is 0 Å². The average molecular weight is 243 g/mol. The van der Waals surface area contributed by atoms with E-state index < -0.39 is 0 Å². The molecule has 4 nitrogen and oxygen atoms in total. The maximum atomic E-state index is 12.0. The Balaban J connectivity index is 2.04. The fourth-order valence-corrected chi connectivity index (χ4v) is 2.25. The molecule has 2 rings (SSSR count). The quantitative estimate of drug-likeness (QED) is 0.746. The molecule has 0 spiro atoms. The van der Waals surface area contributed by atoms with E-state index in [1.54, 1.807) is 17.9 Å². The SMILES string of the molecule is Cc1cc(C(=O)N2CCCC(CCl)C2)on1. The van der Waals surface area contributed by atoms with Crippen LogP contribution < -0.4 is 0 Å². The molecule has 1 atom stereocenters. The Bertz CT molecular complexity index is 378. The van der Waals surface area contributed by atoms with Crippen molar-refractivity contribution < 1.29 is 9.32 Å². The molecule has 1 aliphatic heterocycles. The third kappa shape index (κ3) is 2.38. The van der Waals surface area contributed by atoms with Crippen LogP contribution >= 0.6 is 11.6 Å². The minimum absolute atomic E-state index is 0.0737. The summed E-state index contributed by atoms with van der Waals surface area (Å²) in [6, 6.07) is 1.67. The Kier molecular flexibility index (Phi) is 3.49. The van der Waals surface area contributed by atoms with Crippen molar-refractivity contribution >= 4 is 17.5 Å². The van der Waals surface area contributed by atoms with E-state index in [9.17, 15) is 4.79 Å². The number of carbonyl (C=O) groups is 1. The Hall–Kier alpha value is -1.03. The Morgan fingerprint density at radius 2 is 2.56 bits per heavy atom. The van der Waals surface area contributed by atoms with E-state index in [1.807, 2.05) is 0 Å². The fraction of sp³-hybridized carbons (Fsp3) is 0.636. The van der Waals surface area contributed by atoms with Crippen molar-refractivity contribution in [2.45, 2.75) is 19.8 Å². The molecular weight excluding hydrogens is 228 g/mol. The number of halogens is 1. The molecule has 0 aliphatic carbocycles. The Labute approximate surface area is 99.5 Å². The number of alkyl halides is 1. The number of aromatic nitrogens is 1. The molecule has 1 saturated heterocycles. The summed E-state index contributed by atoms with van der Waals surface area (Å²) in [6.07, 6.45) is 2.11. The van der Waals surface area contributed by atoms with Crippen LogP contribution in [0.1, 0.15) is 29.1 Å². The average Bonchev–Trinajstić information content (AvgIpc) is 2.75. The summed E-state index contributed by atoms with van der Waals surface area (Å²) < 4.78 is 4.97. The van der Waals surface area contributed by atoms with Gasteiger partial charge in [0.25, 0.3) is 5.91 Å². The molecule has 16 heavy (non-hydrogen) atoms. The Morgan fingerprint density at radius 3 is 3.19 bits per heavy atom. The maximum absolute atomic E-state index is 12.0.